The van der Waals surface area contributed by atoms with Gasteiger partial charge in [0.2, 0.25) is 5.91 Å². The molecule has 0 unspecified atom stereocenters. The molecule has 2 aromatic heterocycles. The number of benzene rings is 2. The first-order chi connectivity index (χ1) is 15.9. The molecule has 0 aliphatic heterocycles. The zero-order chi connectivity index (χ0) is 23.4. The van der Waals surface area contributed by atoms with E-state index in [0.29, 0.717) is 22.9 Å². The molecule has 0 saturated heterocycles. The molecule has 2 N–H and O–H groups in total. The minimum absolute atomic E-state index is 0.347. The maximum atomic E-state index is 13.6. The van der Waals surface area contributed by atoms with Gasteiger partial charge in [0.1, 0.15) is 5.82 Å². The van der Waals surface area contributed by atoms with E-state index in [9.17, 15) is 9.18 Å². The molecule has 4 rings (SSSR count). The average molecular weight is 442 g/mol. The van der Waals surface area contributed by atoms with Crippen molar-refractivity contribution in [3.8, 4) is 5.82 Å². The molecule has 0 bridgehead atoms. The Bertz CT molecular complexity index is 1310. The fourth-order valence-corrected chi connectivity index (χ4v) is 3.19. The van der Waals surface area contributed by atoms with E-state index in [1.165, 1.54) is 18.2 Å². The van der Waals surface area contributed by atoms with Crippen molar-refractivity contribution in [3.05, 3.63) is 95.1 Å². The van der Waals surface area contributed by atoms with Crippen molar-refractivity contribution >= 4 is 29.2 Å². The lowest BCUT2D eigenvalue weighted by atomic mass is 10.2. The van der Waals surface area contributed by atoms with Gasteiger partial charge in [0.25, 0.3) is 0 Å². The minimum atomic E-state index is -0.377. The highest BCUT2D eigenvalue weighted by atomic mass is 19.1. The number of nitrogens with one attached hydrogen (secondary N) is 2. The fourth-order valence-electron chi connectivity index (χ4n) is 3.19. The summed E-state index contributed by atoms with van der Waals surface area (Å²) in [7, 11) is 0. The fraction of sp³-hybridized carbons (Fsp3) is 0.120. The summed E-state index contributed by atoms with van der Waals surface area (Å²) < 4.78 is 15.4. The third kappa shape index (κ3) is 5.12. The van der Waals surface area contributed by atoms with Crippen molar-refractivity contribution in [3.63, 3.8) is 0 Å². The van der Waals surface area contributed by atoms with Crippen LogP contribution in [0, 0.1) is 26.6 Å². The van der Waals surface area contributed by atoms with Gasteiger partial charge in [-0.05, 0) is 74.9 Å². The molecule has 166 valence electrons. The van der Waals surface area contributed by atoms with Crippen LogP contribution >= 0.6 is 0 Å². The van der Waals surface area contributed by atoms with Crippen molar-refractivity contribution in [2.24, 2.45) is 0 Å². The molecule has 0 radical (unpaired) electrons. The number of carbonyl (C=O) groups is 1. The topological polar surface area (TPSA) is 84.7 Å². The van der Waals surface area contributed by atoms with Gasteiger partial charge in [0.05, 0.1) is 5.69 Å². The molecular formula is C25H23FN6O. The summed E-state index contributed by atoms with van der Waals surface area (Å²) in [6.07, 6.45) is 2.74. The molecule has 8 heteroatoms. The highest BCUT2D eigenvalue weighted by Crippen LogP contribution is 2.19. The first-order valence-electron chi connectivity index (χ1n) is 10.4. The van der Waals surface area contributed by atoms with Gasteiger partial charge >= 0.3 is 0 Å². The first kappa shape index (κ1) is 21.9. The molecule has 0 fully saturated rings. The van der Waals surface area contributed by atoms with E-state index in [1.807, 2.05) is 45.0 Å². The molecule has 2 heterocycles. The van der Waals surface area contributed by atoms with Crippen LogP contribution in [0.1, 0.15) is 22.5 Å². The Morgan fingerprint density at radius 2 is 1.67 bits per heavy atom. The van der Waals surface area contributed by atoms with Crippen molar-refractivity contribution in [2.75, 3.05) is 10.6 Å². The van der Waals surface area contributed by atoms with E-state index < -0.39 is 0 Å². The van der Waals surface area contributed by atoms with Gasteiger partial charge in [-0.25, -0.2) is 9.07 Å². The Kier molecular flexibility index (Phi) is 6.26. The lowest BCUT2D eigenvalue weighted by Crippen LogP contribution is -2.07. The Morgan fingerprint density at radius 3 is 2.30 bits per heavy atom. The summed E-state index contributed by atoms with van der Waals surface area (Å²) in [6.45, 7) is 6.00. The van der Waals surface area contributed by atoms with E-state index in [1.54, 1.807) is 35.0 Å². The number of hydrogen-bond acceptors (Lipinski definition) is 5. The second kappa shape index (κ2) is 9.44. The number of halogens is 1. The number of amides is 1. The molecule has 1 amide bonds. The molecule has 0 atom stereocenters. The second-order valence-electron chi connectivity index (χ2n) is 7.53. The van der Waals surface area contributed by atoms with Crippen molar-refractivity contribution < 1.29 is 9.18 Å². The van der Waals surface area contributed by atoms with E-state index in [0.717, 1.165) is 22.6 Å². The average Bonchev–Trinajstić information content (AvgIpc) is 3.07. The lowest BCUT2D eigenvalue weighted by molar-refractivity contribution is -0.111. The van der Waals surface area contributed by atoms with Crippen LogP contribution in [-0.4, -0.2) is 25.9 Å². The number of nitrogens with zero attached hydrogens (tertiary/aromatic N) is 4. The summed E-state index contributed by atoms with van der Waals surface area (Å²) in [5, 5.41) is 18.9. The summed E-state index contributed by atoms with van der Waals surface area (Å²) >= 11 is 0. The van der Waals surface area contributed by atoms with Crippen LogP contribution in [0.3, 0.4) is 0 Å². The van der Waals surface area contributed by atoms with Gasteiger partial charge < -0.3 is 10.6 Å². The number of carbonyl (C=O) groups excluding carboxylic acids is 1. The van der Waals surface area contributed by atoms with Crippen LogP contribution in [0.25, 0.3) is 11.9 Å². The zero-order valence-corrected chi connectivity index (χ0v) is 18.5. The first-order valence-corrected chi connectivity index (χ1v) is 10.4. The standard InChI is InChI=1S/C25H23FN6O/c1-16-17(2)31-32(18(16)3)24-14-13-23(29-30-24)27-20-9-11-21(12-10-20)28-25(33)15-8-19-6-4-5-7-22(19)26/h4-15H,1-3H3,(H,27,29)(H,28,33)/b15-8+. The largest absolute Gasteiger partial charge is 0.339 e. The van der Waals surface area contributed by atoms with Gasteiger partial charge in [-0.1, -0.05) is 18.2 Å². The van der Waals surface area contributed by atoms with Crippen LogP contribution in [0.5, 0.6) is 0 Å². The zero-order valence-electron chi connectivity index (χ0n) is 18.5. The van der Waals surface area contributed by atoms with Crippen LogP contribution < -0.4 is 10.6 Å². The van der Waals surface area contributed by atoms with Crippen LogP contribution in [0.2, 0.25) is 0 Å². The Hall–Kier alpha value is -4.33. The number of hydrogen-bond donors (Lipinski definition) is 2. The molecule has 0 aliphatic carbocycles. The molecule has 7 nitrogen and oxygen atoms in total. The molecule has 0 spiro atoms. The molecular weight excluding hydrogens is 419 g/mol. The highest BCUT2D eigenvalue weighted by molar-refractivity contribution is 6.02. The van der Waals surface area contributed by atoms with E-state index in [2.05, 4.69) is 25.9 Å². The van der Waals surface area contributed by atoms with Gasteiger partial charge in [0.15, 0.2) is 11.6 Å². The van der Waals surface area contributed by atoms with Crippen LogP contribution in [-0.2, 0) is 4.79 Å². The van der Waals surface area contributed by atoms with E-state index in [4.69, 9.17) is 0 Å². The van der Waals surface area contributed by atoms with Gasteiger partial charge in [-0.2, -0.15) is 5.10 Å². The molecule has 0 saturated carbocycles. The molecule has 4 aromatic rings. The van der Waals surface area contributed by atoms with Crippen molar-refractivity contribution in [2.45, 2.75) is 20.8 Å². The molecule has 0 aliphatic rings. The normalized spacial score (nSPS) is 11.0. The molecule has 33 heavy (non-hydrogen) atoms. The number of aryl methyl sites for hydroxylation is 1. The predicted molar refractivity (Wildman–Crippen MR) is 127 cm³/mol. The highest BCUT2D eigenvalue weighted by Gasteiger charge is 2.10. The van der Waals surface area contributed by atoms with Gasteiger partial charge in [-0.15, -0.1) is 10.2 Å². The summed E-state index contributed by atoms with van der Waals surface area (Å²) in [5.74, 6) is 0.509. The van der Waals surface area contributed by atoms with Crippen LogP contribution in [0.15, 0.2) is 66.7 Å². The van der Waals surface area contributed by atoms with Gasteiger partial charge in [0, 0.05) is 28.7 Å². The SMILES string of the molecule is Cc1nn(-c2ccc(Nc3ccc(NC(=O)/C=C/c4ccccc4F)cc3)nn2)c(C)c1C. The maximum absolute atomic E-state index is 13.6. The molecule has 2 aromatic carbocycles. The summed E-state index contributed by atoms with van der Waals surface area (Å²) in [5.41, 5.74) is 4.89. The quantitative estimate of drug-likeness (QED) is 0.405. The van der Waals surface area contributed by atoms with Crippen LogP contribution in [0.4, 0.5) is 21.6 Å². The third-order valence-electron chi connectivity index (χ3n) is 5.26. The monoisotopic (exact) mass is 442 g/mol. The number of aromatic nitrogens is 4. The Balaban J connectivity index is 1.37. The minimum Gasteiger partial charge on any atom is -0.339 e. The summed E-state index contributed by atoms with van der Waals surface area (Å²) in [6, 6.07) is 17.1. The van der Waals surface area contributed by atoms with Crippen molar-refractivity contribution in [1.82, 2.24) is 20.0 Å². The second-order valence-corrected chi connectivity index (χ2v) is 7.53. The lowest BCUT2D eigenvalue weighted by Gasteiger charge is -2.08. The third-order valence-corrected chi connectivity index (χ3v) is 5.26. The predicted octanol–water partition coefficient (Wildman–Crippen LogP) is 5.12. The van der Waals surface area contributed by atoms with Gasteiger partial charge in [-0.3, -0.25) is 4.79 Å². The van der Waals surface area contributed by atoms with Crippen molar-refractivity contribution in [1.29, 1.82) is 0 Å². The maximum Gasteiger partial charge on any atom is 0.248 e. The summed E-state index contributed by atoms with van der Waals surface area (Å²) in [4.78, 5) is 12.1. The Morgan fingerprint density at radius 1 is 0.939 bits per heavy atom. The smallest absolute Gasteiger partial charge is 0.248 e. The number of anilines is 3. The Labute approximate surface area is 191 Å². The van der Waals surface area contributed by atoms with E-state index >= 15 is 0 Å². The number of rotatable bonds is 6. The van der Waals surface area contributed by atoms with E-state index in [-0.39, 0.29) is 11.7 Å².